The number of benzene rings is 2. The molecule has 0 N–H and O–H groups in total. The SMILES string of the molecule is COC(=O)C1=C(C)N(c2ccc(Cl)c(Cl)c2)/C(=C/c2ccc(-c3ccc(Cl)c(Cl)c3)o2)C1=O. The maximum atomic E-state index is 13.2. The minimum Gasteiger partial charge on any atom is -0.465 e. The highest BCUT2D eigenvalue weighted by molar-refractivity contribution is 6.42. The molecule has 5 nitrogen and oxygen atoms in total. The first-order chi connectivity index (χ1) is 15.7. The Bertz CT molecular complexity index is 1360. The molecule has 4 rings (SSSR count). The van der Waals surface area contributed by atoms with E-state index < -0.39 is 11.8 Å². The molecule has 0 bridgehead atoms. The fraction of sp³-hybridized carbons (Fsp3) is 0.0833. The zero-order chi connectivity index (χ0) is 23.9. The lowest BCUT2D eigenvalue weighted by atomic mass is 10.1. The lowest BCUT2D eigenvalue weighted by Crippen LogP contribution is -2.18. The molecule has 0 aliphatic carbocycles. The Hall–Kier alpha value is -2.70. The number of ketones is 1. The summed E-state index contributed by atoms with van der Waals surface area (Å²) >= 11 is 24.3. The van der Waals surface area contributed by atoms with Gasteiger partial charge in [-0.15, -0.1) is 0 Å². The van der Waals surface area contributed by atoms with E-state index in [9.17, 15) is 9.59 Å². The van der Waals surface area contributed by atoms with E-state index in [-0.39, 0.29) is 11.3 Å². The number of allylic oxidation sites excluding steroid dienone is 2. The molecule has 0 radical (unpaired) electrons. The topological polar surface area (TPSA) is 59.8 Å². The highest BCUT2D eigenvalue weighted by Crippen LogP contribution is 2.38. The van der Waals surface area contributed by atoms with Crippen molar-refractivity contribution in [2.45, 2.75) is 6.92 Å². The second kappa shape index (κ2) is 9.27. The summed E-state index contributed by atoms with van der Waals surface area (Å²) in [7, 11) is 1.22. The third-order valence-electron chi connectivity index (χ3n) is 5.06. The number of carbonyl (C=O) groups is 2. The predicted octanol–water partition coefficient (Wildman–Crippen LogP) is 7.44. The molecule has 0 unspecified atom stereocenters. The first kappa shape index (κ1) is 23.5. The van der Waals surface area contributed by atoms with Crippen LogP contribution in [-0.4, -0.2) is 18.9 Å². The number of hydrogen-bond acceptors (Lipinski definition) is 5. The molecule has 0 saturated heterocycles. The number of furan rings is 1. The number of halogens is 4. The summed E-state index contributed by atoms with van der Waals surface area (Å²) in [5.74, 6) is -0.312. The number of Topliss-reactive ketones (excluding diaryl/α,β-unsaturated/α-hetero) is 1. The van der Waals surface area contributed by atoms with Gasteiger partial charge in [0.2, 0.25) is 5.78 Å². The Morgan fingerprint density at radius 1 is 0.939 bits per heavy atom. The summed E-state index contributed by atoms with van der Waals surface area (Å²) in [5.41, 5.74) is 1.79. The van der Waals surface area contributed by atoms with E-state index in [1.54, 1.807) is 66.4 Å². The Morgan fingerprint density at radius 2 is 1.61 bits per heavy atom. The lowest BCUT2D eigenvalue weighted by Gasteiger charge is -2.21. The summed E-state index contributed by atoms with van der Waals surface area (Å²) in [5, 5.41) is 1.49. The Labute approximate surface area is 209 Å². The second-order valence-corrected chi connectivity index (χ2v) is 8.70. The molecule has 0 atom stereocenters. The van der Waals surface area contributed by atoms with Crippen LogP contribution in [0.3, 0.4) is 0 Å². The van der Waals surface area contributed by atoms with Crippen LogP contribution in [0.5, 0.6) is 0 Å². The zero-order valence-corrected chi connectivity index (χ0v) is 20.3. The van der Waals surface area contributed by atoms with Crippen molar-refractivity contribution in [1.82, 2.24) is 0 Å². The first-order valence-corrected chi connectivity index (χ1v) is 11.1. The van der Waals surface area contributed by atoms with Crippen molar-refractivity contribution in [3.63, 3.8) is 0 Å². The number of nitrogens with zero attached hydrogens (tertiary/aromatic N) is 1. The number of ether oxygens (including phenoxy) is 1. The number of carbonyl (C=O) groups excluding carboxylic acids is 2. The maximum absolute atomic E-state index is 13.2. The molecule has 3 aromatic rings. The highest BCUT2D eigenvalue weighted by atomic mass is 35.5. The van der Waals surface area contributed by atoms with Gasteiger partial charge in [-0.05, 0) is 55.5 Å². The molecule has 0 fully saturated rings. The van der Waals surface area contributed by atoms with Crippen molar-refractivity contribution in [3.8, 4) is 11.3 Å². The molecule has 2 aromatic carbocycles. The molecule has 33 heavy (non-hydrogen) atoms. The molecule has 9 heteroatoms. The van der Waals surface area contributed by atoms with Crippen LogP contribution in [0.2, 0.25) is 20.1 Å². The van der Waals surface area contributed by atoms with E-state index in [4.69, 9.17) is 55.6 Å². The maximum Gasteiger partial charge on any atom is 0.343 e. The smallest absolute Gasteiger partial charge is 0.343 e. The normalized spacial score (nSPS) is 15.0. The van der Waals surface area contributed by atoms with Gasteiger partial charge in [-0.3, -0.25) is 4.79 Å². The van der Waals surface area contributed by atoms with E-state index in [2.05, 4.69) is 0 Å². The number of anilines is 1. The van der Waals surface area contributed by atoms with E-state index in [1.807, 2.05) is 0 Å². The summed E-state index contributed by atoms with van der Waals surface area (Å²) < 4.78 is 10.7. The summed E-state index contributed by atoms with van der Waals surface area (Å²) in [6.45, 7) is 1.65. The van der Waals surface area contributed by atoms with E-state index in [1.165, 1.54) is 7.11 Å². The van der Waals surface area contributed by atoms with E-state index >= 15 is 0 Å². The number of rotatable bonds is 4. The third-order valence-corrected chi connectivity index (χ3v) is 6.54. The van der Waals surface area contributed by atoms with Gasteiger partial charge in [-0.2, -0.15) is 0 Å². The van der Waals surface area contributed by atoms with Crippen LogP contribution < -0.4 is 4.90 Å². The van der Waals surface area contributed by atoms with Crippen LogP contribution in [0.25, 0.3) is 17.4 Å². The van der Waals surface area contributed by atoms with Crippen LogP contribution in [0.15, 0.2) is 69.9 Å². The summed E-state index contributed by atoms with van der Waals surface area (Å²) in [6, 6.07) is 13.5. The van der Waals surface area contributed by atoms with Crippen LogP contribution in [-0.2, 0) is 14.3 Å². The predicted molar refractivity (Wildman–Crippen MR) is 131 cm³/mol. The summed E-state index contributed by atoms with van der Waals surface area (Å²) in [6.07, 6.45) is 1.55. The average molecular weight is 523 g/mol. The average Bonchev–Trinajstić information content (AvgIpc) is 3.34. The molecular weight excluding hydrogens is 508 g/mol. The van der Waals surface area contributed by atoms with E-state index in [0.29, 0.717) is 43.0 Å². The van der Waals surface area contributed by atoms with Crippen LogP contribution in [0, 0.1) is 0 Å². The fourth-order valence-electron chi connectivity index (χ4n) is 3.49. The molecule has 2 heterocycles. The largest absolute Gasteiger partial charge is 0.465 e. The van der Waals surface area contributed by atoms with Crippen molar-refractivity contribution in [3.05, 3.63) is 91.3 Å². The van der Waals surface area contributed by atoms with E-state index in [0.717, 1.165) is 5.56 Å². The van der Waals surface area contributed by atoms with Crippen molar-refractivity contribution >= 4 is 69.9 Å². The Balaban J connectivity index is 1.79. The fourth-order valence-corrected chi connectivity index (χ4v) is 4.08. The van der Waals surface area contributed by atoms with Gasteiger partial charge in [0.1, 0.15) is 17.1 Å². The van der Waals surface area contributed by atoms with Crippen molar-refractivity contribution in [2.24, 2.45) is 0 Å². The monoisotopic (exact) mass is 521 g/mol. The van der Waals surface area contributed by atoms with Crippen LogP contribution in [0.1, 0.15) is 12.7 Å². The van der Waals surface area contributed by atoms with Crippen molar-refractivity contribution in [1.29, 1.82) is 0 Å². The van der Waals surface area contributed by atoms with Gasteiger partial charge in [0.15, 0.2) is 0 Å². The summed E-state index contributed by atoms with van der Waals surface area (Å²) in [4.78, 5) is 27.2. The van der Waals surface area contributed by atoms with Crippen LogP contribution in [0.4, 0.5) is 5.69 Å². The molecule has 1 aliphatic heterocycles. The van der Waals surface area contributed by atoms with Crippen molar-refractivity contribution in [2.75, 3.05) is 12.0 Å². The second-order valence-electron chi connectivity index (χ2n) is 7.08. The van der Waals surface area contributed by atoms with Gasteiger partial charge in [0.25, 0.3) is 0 Å². The highest BCUT2D eigenvalue weighted by Gasteiger charge is 2.38. The number of hydrogen-bond donors (Lipinski definition) is 0. The molecular formula is C24H15Cl4NO4. The van der Waals surface area contributed by atoms with Crippen molar-refractivity contribution < 1.29 is 18.7 Å². The minimum absolute atomic E-state index is 0.0777. The van der Waals surface area contributed by atoms with Gasteiger partial charge in [-0.1, -0.05) is 46.4 Å². The number of methoxy groups -OCH3 is 1. The van der Waals surface area contributed by atoms with Gasteiger partial charge in [-0.25, -0.2) is 4.79 Å². The van der Waals surface area contributed by atoms with Gasteiger partial charge in [0.05, 0.1) is 32.9 Å². The van der Waals surface area contributed by atoms with Crippen LogP contribution >= 0.6 is 46.4 Å². The lowest BCUT2D eigenvalue weighted by molar-refractivity contribution is -0.137. The molecule has 0 amide bonds. The molecule has 1 aromatic heterocycles. The standard InChI is InChI=1S/C24H15Cl4NO4/c1-12-22(24(31)32-2)23(30)20(29(12)14-4-7-17(26)19(28)10-14)11-15-5-8-21(33-15)13-3-6-16(25)18(27)9-13/h3-11H,1-2H3/b20-11+. The quantitative estimate of drug-likeness (QED) is 0.202. The molecule has 168 valence electrons. The minimum atomic E-state index is -0.734. The molecule has 0 saturated carbocycles. The zero-order valence-electron chi connectivity index (χ0n) is 17.3. The Kier molecular flexibility index (Phi) is 6.59. The van der Waals surface area contributed by atoms with Gasteiger partial charge < -0.3 is 14.1 Å². The van der Waals surface area contributed by atoms with Gasteiger partial charge >= 0.3 is 5.97 Å². The third kappa shape index (κ3) is 4.42. The Morgan fingerprint density at radius 3 is 2.24 bits per heavy atom. The van der Waals surface area contributed by atoms with Gasteiger partial charge in [0, 0.05) is 23.0 Å². The number of esters is 1. The molecule has 1 aliphatic rings. The molecule has 0 spiro atoms. The first-order valence-electron chi connectivity index (χ1n) is 9.57.